The number of carbonyl (C=O) groups is 3. The molecule has 2 N–H and O–H groups in total. The first-order valence-electron chi connectivity index (χ1n) is 9.01. The fourth-order valence-corrected chi connectivity index (χ4v) is 4.15. The van der Waals surface area contributed by atoms with Crippen LogP contribution in [-0.2, 0) is 9.59 Å². The van der Waals surface area contributed by atoms with Crippen LogP contribution in [0.4, 0.5) is 0 Å². The second kappa shape index (κ2) is 9.88. The zero-order valence-electron chi connectivity index (χ0n) is 16.0. The minimum absolute atomic E-state index is 0.0208. The van der Waals surface area contributed by atoms with E-state index in [2.05, 4.69) is 10.9 Å². The van der Waals surface area contributed by atoms with Crippen LogP contribution in [0.25, 0.3) is 6.08 Å². The summed E-state index contributed by atoms with van der Waals surface area (Å²) in [5.74, 6) is -1.22. The molecule has 0 unspecified atom stereocenters. The van der Waals surface area contributed by atoms with Crippen molar-refractivity contribution < 1.29 is 14.4 Å². The summed E-state index contributed by atoms with van der Waals surface area (Å²) in [6.07, 6.45) is 1.76. The number of hydrogen-bond donors (Lipinski definition) is 2. The normalized spacial score (nSPS) is 14.9. The van der Waals surface area contributed by atoms with Crippen LogP contribution in [0.15, 0.2) is 53.4 Å². The Morgan fingerprint density at radius 3 is 2.53 bits per heavy atom. The first kappa shape index (κ1) is 22.0. The molecule has 1 heterocycles. The smallest absolute Gasteiger partial charge is 0.271 e. The lowest BCUT2D eigenvalue weighted by Gasteiger charge is -2.14. The quantitative estimate of drug-likeness (QED) is 0.405. The van der Waals surface area contributed by atoms with Crippen molar-refractivity contribution in [3.63, 3.8) is 0 Å². The lowest BCUT2D eigenvalue weighted by molar-refractivity contribution is -0.124. The maximum atomic E-state index is 12.6. The van der Waals surface area contributed by atoms with Crippen LogP contribution in [0, 0.1) is 6.92 Å². The van der Waals surface area contributed by atoms with Crippen molar-refractivity contribution in [2.75, 3.05) is 6.54 Å². The molecule has 2 aromatic rings. The molecule has 6 nitrogen and oxygen atoms in total. The Balaban J connectivity index is 1.52. The highest BCUT2D eigenvalue weighted by Crippen LogP contribution is 2.32. The number of nitrogens with one attached hydrogen (secondary N) is 2. The molecule has 154 valence electrons. The Bertz CT molecular complexity index is 1040. The lowest BCUT2D eigenvalue weighted by atomic mass is 10.1. The number of carbonyl (C=O) groups excluding carboxylic acids is 3. The van der Waals surface area contributed by atoms with Crippen molar-refractivity contribution in [1.82, 2.24) is 15.8 Å². The second-order valence-corrected chi connectivity index (χ2v) is 8.56. The third kappa shape index (κ3) is 5.47. The van der Waals surface area contributed by atoms with Gasteiger partial charge in [-0.05, 0) is 30.7 Å². The molecular formula is C21H18ClN3O3S2. The summed E-state index contributed by atoms with van der Waals surface area (Å²) in [4.78, 5) is 38.7. The average Bonchev–Trinajstić information content (AvgIpc) is 2.99. The molecule has 1 saturated heterocycles. The second-order valence-electron chi connectivity index (χ2n) is 6.48. The van der Waals surface area contributed by atoms with E-state index in [0.717, 1.165) is 11.1 Å². The molecule has 3 rings (SSSR count). The average molecular weight is 460 g/mol. The van der Waals surface area contributed by atoms with E-state index in [0.29, 0.717) is 9.23 Å². The van der Waals surface area contributed by atoms with Crippen LogP contribution in [0.1, 0.15) is 27.9 Å². The largest absolute Gasteiger partial charge is 0.292 e. The Labute approximate surface area is 188 Å². The van der Waals surface area contributed by atoms with Crippen molar-refractivity contribution in [3.05, 3.63) is 75.1 Å². The molecule has 1 fully saturated rings. The van der Waals surface area contributed by atoms with Crippen LogP contribution in [0.5, 0.6) is 0 Å². The predicted octanol–water partition coefficient (Wildman–Crippen LogP) is 3.70. The van der Waals surface area contributed by atoms with Gasteiger partial charge in [0.2, 0.25) is 5.91 Å². The van der Waals surface area contributed by atoms with Gasteiger partial charge in [0.25, 0.3) is 11.8 Å². The van der Waals surface area contributed by atoms with Gasteiger partial charge in [0.1, 0.15) is 4.32 Å². The Hall–Kier alpha value is -2.68. The number of nitrogens with zero attached hydrogens (tertiary/aromatic N) is 1. The fraction of sp³-hybridized carbons (Fsp3) is 0.143. The van der Waals surface area contributed by atoms with E-state index >= 15 is 0 Å². The number of amides is 3. The van der Waals surface area contributed by atoms with Gasteiger partial charge in [-0.1, -0.05) is 77.5 Å². The molecule has 1 aliphatic rings. The summed E-state index contributed by atoms with van der Waals surface area (Å²) in [6.45, 7) is 2.11. The molecule has 0 bridgehead atoms. The number of thiocarbonyl (C=S) groups is 1. The van der Waals surface area contributed by atoms with E-state index in [4.69, 9.17) is 23.8 Å². The van der Waals surface area contributed by atoms with Gasteiger partial charge in [-0.3, -0.25) is 30.1 Å². The molecule has 0 aromatic heterocycles. The summed E-state index contributed by atoms with van der Waals surface area (Å²) < 4.78 is 0.395. The monoisotopic (exact) mass is 459 g/mol. The van der Waals surface area contributed by atoms with Crippen molar-refractivity contribution >= 4 is 63.7 Å². The minimum atomic E-state index is -0.527. The highest BCUT2D eigenvalue weighted by Gasteiger charge is 2.32. The summed E-state index contributed by atoms with van der Waals surface area (Å²) >= 11 is 12.4. The molecule has 3 amide bonds. The molecular weight excluding hydrogens is 442 g/mol. The van der Waals surface area contributed by atoms with Crippen LogP contribution in [-0.4, -0.2) is 33.5 Å². The molecule has 0 saturated carbocycles. The third-order valence-electron chi connectivity index (χ3n) is 4.25. The van der Waals surface area contributed by atoms with E-state index in [1.807, 2.05) is 31.2 Å². The van der Waals surface area contributed by atoms with Crippen LogP contribution >= 0.6 is 35.6 Å². The van der Waals surface area contributed by atoms with Gasteiger partial charge >= 0.3 is 0 Å². The van der Waals surface area contributed by atoms with Crippen molar-refractivity contribution in [1.29, 1.82) is 0 Å². The van der Waals surface area contributed by atoms with Gasteiger partial charge in [0, 0.05) is 13.0 Å². The van der Waals surface area contributed by atoms with Crippen molar-refractivity contribution in [2.45, 2.75) is 13.3 Å². The zero-order valence-corrected chi connectivity index (χ0v) is 18.4. The van der Waals surface area contributed by atoms with E-state index in [9.17, 15) is 14.4 Å². The van der Waals surface area contributed by atoms with Gasteiger partial charge in [0.05, 0.1) is 15.5 Å². The van der Waals surface area contributed by atoms with Crippen molar-refractivity contribution in [2.24, 2.45) is 0 Å². The number of benzene rings is 2. The van der Waals surface area contributed by atoms with Gasteiger partial charge in [-0.15, -0.1) is 0 Å². The van der Waals surface area contributed by atoms with E-state index in [1.54, 1.807) is 30.3 Å². The van der Waals surface area contributed by atoms with Crippen LogP contribution in [0.3, 0.4) is 0 Å². The van der Waals surface area contributed by atoms with E-state index in [1.165, 1.54) is 16.7 Å². The maximum Gasteiger partial charge on any atom is 0.271 e. The summed E-state index contributed by atoms with van der Waals surface area (Å²) in [7, 11) is 0. The van der Waals surface area contributed by atoms with Crippen LogP contribution in [0.2, 0.25) is 5.02 Å². The molecule has 0 radical (unpaired) electrons. The topological polar surface area (TPSA) is 78.5 Å². The predicted molar refractivity (Wildman–Crippen MR) is 123 cm³/mol. The highest BCUT2D eigenvalue weighted by molar-refractivity contribution is 8.26. The summed E-state index contributed by atoms with van der Waals surface area (Å²) in [6, 6.07) is 14.3. The number of hydrogen-bond acceptors (Lipinski definition) is 5. The first-order valence-corrected chi connectivity index (χ1v) is 10.6. The van der Waals surface area contributed by atoms with E-state index in [-0.39, 0.29) is 29.5 Å². The Kier molecular flexibility index (Phi) is 7.25. The van der Waals surface area contributed by atoms with Crippen LogP contribution < -0.4 is 10.9 Å². The number of rotatable bonds is 5. The maximum absolute atomic E-state index is 12.6. The SMILES string of the molecule is Cc1ccc(/C=C2/SC(=S)N(CCC(=O)NNC(=O)c3ccccc3Cl)C2=O)cc1. The lowest BCUT2D eigenvalue weighted by Crippen LogP contribution is -2.43. The summed E-state index contributed by atoms with van der Waals surface area (Å²) in [5.41, 5.74) is 6.91. The highest BCUT2D eigenvalue weighted by atomic mass is 35.5. The molecule has 0 aliphatic carbocycles. The molecule has 0 spiro atoms. The fourth-order valence-electron chi connectivity index (χ4n) is 2.62. The standard InChI is InChI=1S/C21H18ClN3O3S2/c1-13-6-8-14(9-7-13)12-17-20(28)25(21(29)30-17)11-10-18(26)23-24-19(27)15-4-2-3-5-16(15)22/h2-9,12H,10-11H2,1H3,(H,23,26)(H,24,27)/b17-12+. The van der Waals surface area contributed by atoms with Gasteiger partial charge in [0.15, 0.2) is 0 Å². The third-order valence-corrected chi connectivity index (χ3v) is 5.95. The molecule has 1 aliphatic heterocycles. The summed E-state index contributed by atoms with van der Waals surface area (Å²) in [5, 5.41) is 0.280. The Morgan fingerprint density at radius 2 is 1.83 bits per heavy atom. The van der Waals surface area contributed by atoms with Gasteiger partial charge in [-0.2, -0.15) is 0 Å². The number of aryl methyl sites for hydroxylation is 1. The molecule has 9 heteroatoms. The number of halogens is 1. The molecule has 2 aromatic carbocycles. The van der Waals surface area contributed by atoms with E-state index < -0.39 is 11.8 Å². The zero-order chi connectivity index (χ0) is 21.7. The van der Waals surface area contributed by atoms with Crippen molar-refractivity contribution in [3.8, 4) is 0 Å². The first-order chi connectivity index (χ1) is 14.3. The minimum Gasteiger partial charge on any atom is -0.292 e. The van der Waals surface area contributed by atoms with Gasteiger partial charge in [-0.25, -0.2) is 0 Å². The number of thioether (sulfide) groups is 1. The molecule has 0 atom stereocenters. The number of hydrazine groups is 1. The Morgan fingerprint density at radius 1 is 1.13 bits per heavy atom. The molecule has 30 heavy (non-hydrogen) atoms. The van der Waals surface area contributed by atoms with Gasteiger partial charge < -0.3 is 0 Å².